The van der Waals surface area contributed by atoms with Crippen LogP contribution in [0.25, 0.3) is 0 Å². The van der Waals surface area contributed by atoms with Crippen molar-refractivity contribution in [2.75, 3.05) is 0 Å². The predicted molar refractivity (Wildman–Crippen MR) is 115 cm³/mol. The first-order valence-electron chi connectivity index (χ1n) is 8.59. The van der Waals surface area contributed by atoms with Gasteiger partial charge in [0.25, 0.3) is 0 Å². The molecule has 0 saturated heterocycles. The zero-order valence-corrected chi connectivity index (χ0v) is 17.1. The molecule has 0 bridgehead atoms. The van der Waals surface area contributed by atoms with Crippen LogP contribution < -0.4 is 4.74 Å². The number of benzene rings is 3. The van der Waals surface area contributed by atoms with Crippen molar-refractivity contribution in [2.24, 2.45) is 0 Å². The minimum Gasteiger partial charge on any atom is -0.477 e. The summed E-state index contributed by atoms with van der Waals surface area (Å²) in [5.74, 6) is 0.724. The third kappa shape index (κ3) is 5.66. The minimum absolute atomic E-state index is 0.0390. The fourth-order valence-electron chi connectivity index (χ4n) is 2.63. The second-order valence-electron chi connectivity index (χ2n) is 6.16. The summed E-state index contributed by atoms with van der Waals surface area (Å²) in [6, 6.07) is 25.0. The van der Waals surface area contributed by atoms with Gasteiger partial charge in [-0.15, -0.1) is 11.8 Å². The van der Waals surface area contributed by atoms with Crippen molar-refractivity contribution in [1.82, 2.24) is 0 Å². The van der Waals surface area contributed by atoms with E-state index in [4.69, 9.17) is 27.9 Å². The number of para-hydroxylation sites is 1. The highest BCUT2D eigenvalue weighted by Crippen LogP contribution is 2.40. The van der Waals surface area contributed by atoms with Crippen molar-refractivity contribution in [1.29, 1.82) is 0 Å². The van der Waals surface area contributed by atoms with Crippen LogP contribution in [0.2, 0.25) is 10.0 Å². The number of halogens is 2. The molecule has 0 aromatic heterocycles. The Labute approximate surface area is 174 Å². The maximum Gasteiger partial charge on any atom is 0.170 e. The number of thioether (sulfide) groups is 1. The van der Waals surface area contributed by atoms with Crippen molar-refractivity contribution < 1.29 is 9.84 Å². The maximum atomic E-state index is 10.3. The molecular formula is C22H20Cl2O2S. The fourth-order valence-corrected chi connectivity index (χ4v) is 4.17. The average Bonchev–Trinajstić information content (AvgIpc) is 2.67. The molecule has 2 atom stereocenters. The van der Waals surface area contributed by atoms with Gasteiger partial charge in [-0.2, -0.15) is 0 Å². The number of ether oxygens (including phenoxy) is 1. The molecule has 0 aliphatic rings. The highest BCUT2D eigenvalue weighted by molar-refractivity contribution is 8.00. The molecule has 0 fully saturated rings. The standard InChI is InChI=1S/C22H20Cl2O2S/c1-15(25)22(26-20-5-3-2-4-6-20)27-21(16-7-11-18(23)12-8-16)17-9-13-19(24)14-10-17/h2-15,21-22,25H,1H3. The first-order chi connectivity index (χ1) is 13.0. The SMILES string of the molecule is CC(O)C(Oc1ccccc1)SC(c1ccc(Cl)cc1)c1ccc(Cl)cc1. The highest BCUT2D eigenvalue weighted by atomic mass is 35.5. The van der Waals surface area contributed by atoms with Gasteiger partial charge in [0.1, 0.15) is 5.75 Å². The third-order valence-corrected chi connectivity index (χ3v) is 6.08. The van der Waals surface area contributed by atoms with E-state index in [0.717, 1.165) is 16.9 Å². The summed E-state index contributed by atoms with van der Waals surface area (Å²) in [5.41, 5.74) is 1.71. The smallest absolute Gasteiger partial charge is 0.170 e. The Morgan fingerprint density at radius 3 is 1.70 bits per heavy atom. The molecule has 0 saturated carbocycles. The van der Waals surface area contributed by atoms with E-state index in [1.165, 1.54) is 0 Å². The van der Waals surface area contributed by atoms with Crippen LogP contribution in [0.1, 0.15) is 23.3 Å². The maximum absolute atomic E-state index is 10.3. The van der Waals surface area contributed by atoms with Crippen LogP contribution >= 0.6 is 35.0 Å². The van der Waals surface area contributed by atoms with E-state index in [0.29, 0.717) is 10.0 Å². The zero-order valence-electron chi connectivity index (χ0n) is 14.8. The number of rotatable bonds is 7. The quantitative estimate of drug-likeness (QED) is 0.438. The van der Waals surface area contributed by atoms with Crippen LogP contribution in [0.3, 0.4) is 0 Å². The van der Waals surface area contributed by atoms with Crippen molar-refractivity contribution in [3.8, 4) is 5.75 Å². The predicted octanol–water partition coefficient (Wildman–Crippen LogP) is 6.60. The number of aliphatic hydroxyl groups is 1. The van der Waals surface area contributed by atoms with Crippen molar-refractivity contribution in [3.63, 3.8) is 0 Å². The summed E-state index contributed by atoms with van der Waals surface area (Å²) in [7, 11) is 0. The number of hydrogen-bond acceptors (Lipinski definition) is 3. The topological polar surface area (TPSA) is 29.5 Å². The van der Waals surface area contributed by atoms with Gasteiger partial charge >= 0.3 is 0 Å². The Hall–Kier alpha value is -1.65. The lowest BCUT2D eigenvalue weighted by atomic mass is 10.0. The van der Waals surface area contributed by atoms with E-state index in [1.54, 1.807) is 18.7 Å². The van der Waals surface area contributed by atoms with Gasteiger partial charge in [0.05, 0.1) is 11.4 Å². The molecule has 3 aromatic rings. The lowest BCUT2D eigenvalue weighted by molar-refractivity contribution is 0.101. The Morgan fingerprint density at radius 2 is 1.26 bits per heavy atom. The molecule has 3 aromatic carbocycles. The van der Waals surface area contributed by atoms with Crippen LogP contribution in [0, 0.1) is 0 Å². The highest BCUT2D eigenvalue weighted by Gasteiger charge is 2.25. The van der Waals surface area contributed by atoms with Crippen LogP contribution in [0.15, 0.2) is 78.9 Å². The molecule has 5 heteroatoms. The van der Waals surface area contributed by atoms with E-state index < -0.39 is 11.5 Å². The molecule has 0 heterocycles. The Kier molecular flexibility index (Phi) is 7.08. The Bertz CT molecular complexity index is 791. The summed E-state index contributed by atoms with van der Waals surface area (Å²) in [6.07, 6.45) is -0.655. The largest absolute Gasteiger partial charge is 0.477 e. The van der Waals surface area contributed by atoms with Crippen LogP contribution in [-0.4, -0.2) is 16.6 Å². The summed E-state index contributed by atoms with van der Waals surface area (Å²) >= 11 is 13.7. The van der Waals surface area contributed by atoms with Gasteiger partial charge < -0.3 is 9.84 Å². The molecule has 0 aliphatic carbocycles. The number of aliphatic hydroxyl groups excluding tert-OH is 1. The van der Waals surface area contributed by atoms with Crippen molar-refractivity contribution >= 4 is 35.0 Å². The average molecular weight is 419 g/mol. The summed E-state index contributed by atoms with van der Waals surface area (Å²) in [6.45, 7) is 1.74. The van der Waals surface area contributed by atoms with Gasteiger partial charge in [0.15, 0.2) is 5.44 Å². The first kappa shape index (κ1) is 20.1. The lowest BCUT2D eigenvalue weighted by Crippen LogP contribution is -2.27. The van der Waals surface area contributed by atoms with Gasteiger partial charge in [-0.05, 0) is 54.4 Å². The van der Waals surface area contributed by atoms with Crippen molar-refractivity contribution in [2.45, 2.75) is 23.7 Å². The molecule has 2 nitrogen and oxygen atoms in total. The Morgan fingerprint density at radius 1 is 0.778 bits per heavy atom. The second-order valence-corrected chi connectivity index (χ2v) is 8.24. The normalized spacial score (nSPS) is 13.4. The van der Waals surface area contributed by atoms with Gasteiger partial charge in [0, 0.05) is 10.0 Å². The number of hydrogen-bond donors (Lipinski definition) is 1. The van der Waals surface area contributed by atoms with Gasteiger partial charge in [0.2, 0.25) is 0 Å². The fraction of sp³-hybridized carbons (Fsp3) is 0.182. The molecule has 27 heavy (non-hydrogen) atoms. The Balaban J connectivity index is 1.90. The van der Waals surface area contributed by atoms with E-state index in [-0.39, 0.29) is 5.25 Å². The van der Waals surface area contributed by atoms with Gasteiger partial charge in [-0.1, -0.05) is 65.7 Å². The molecule has 2 unspecified atom stereocenters. The molecule has 0 aliphatic heterocycles. The summed E-state index contributed by atoms with van der Waals surface area (Å²) < 4.78 is 6.06. The van der Waals surface area contributed by atoms with Gasteiger partial charge in [-0.25, -0.2) is 0 Å². The van der Waals surface area contributed by atoms with E-state index in [1.807, 2.05) is 78.9 Å². The van der Waals surface area contributed by atoms with E-state index in [9.17, 15) is 5.11 Å². The monoisotopic (exact) mass is 418 g/mol. The second kappa shape index (κ2) is 9.52. The van der Waals surface area contributed by atoms with Crippen LogP contribution in [0.4, 0.5) is 0 Å². The van der Waals surface area contributed by atoms with Crippen molar-refractivity contribution in [3.05, 3.63) is 100 Å². The lowest BCUT2D eigenvalue weighted by Gasteiger charge is -2.27. The van der Waals surface area contributed by atoms with Crippen LogP contribution in [0.5, 0.6) is 5.75 Å². The summed E-state index contributed by atoms with van der Waals surface area (Å²) in [4.78, 5) is 0. The molecule has 0 amide bonds. The molecule has 3 rings (SSSR count). The molecule has 0 radical (unpaired) electrons. The third-order valence-electron chi connectivity index (χ3n) is 4.01. The van der Waals surface area contributed by atoms with Gasteiger partial charge in [-0.3, -0.25) is 0 Å². The van der Waals surface area contributed by atoms with Crippen LogP contribution in [-0.2, 0) is 0 Å². The molecule has 0 spiro atoms. The molecule has 140 valence electrons. The summed E-state index contributed by atoms with van der Waals surface area (Å²) in [5, 5.41) is 11.6. The zero-order chi connectivity index (χ0) is 19.2. The molecular weight excluding hydrogens is 399 g/mol. The first-order valence-corrected chi connectivity index (χ1v) is 10.3. The molecule has 1 N–H and O–H groups in total. The van der Waals surface area contributed by atoms with E-state index >= 15 is 0 Å². The minimum atomic E-state index is -0.655. The van der Waals surface area contributed by atoms with E-state index in [2.05, 4.69) is 0 Å².